The van der Waals surface area contributed by atoms with Gasteiger partial charge in [0.2, 0.25) is 0 Å². The fourth-order valence-electron chi connectivity index (χ4n) is 1.89. The highest BCUT2D eigenvalue weighted by molar-refractivity contribution is 14.0. The van der Waals surface area contributed by atoms with Crippen LogP contribution >= 0.6 is 24.0 Å². The summed E-state index contributed by atoms with van der Waals surface area (Å²) < 4.78 is 27.2. The normalized spacial score (nSPS) is 13.6. The highest BCUT2D eigenvalue weighted by atomic mass is 127. The zero-order valence-electron chi connectivity index (χ0n) is 15.1. The molecule has 0 aliphatic rings. The monoisotopic (exact) mass is 463 g/mol. The Morgan fingerprint density at radius 2 is 1.83 bits per heavy atom. The fraction of sp³-hybridized carbons (Fsp3) is 0.933. The first-order valence-corrected chi connectivity index (χ1v) is 10.0. The van der Waals surface area contributed by atoms with E-state index >= 15 is 0 Å². The Hall–Kier alpha value is -0.0900. The minimum absolute atomic E-state index is 0. The van der Waals surface area contributed by atoms with Crippen molar-refractivity contribution in [2.45, 2.75) is 46.1 Å². The van der Waals surface area contributed by atoms with Crippen LogP contribution in [0.3, 0.4) is 0 Å². The molecule has 0 saturated heterocycles. The van der Waals surface area contributed by atoms with Crippen molar-refractivity contribution >= 4 is 39.8 Å². The van der Waals surface area contributed by atoms with Crippen LogP contribution in [-0.2, 0) is 14.6 Å². The Kier molecular flexibility index (Phi) is 15.6. The highest BCUT2D eigenvalue weighted by Gasteiger charge is 2.06. The molecule has 0 amide bonds. The van der Waals surface area contributed by atoms with Crippen molar-refractivity contribution in [2.75, 3.05) is 38.8 Å². The largest absolute Gasteiger partial charge is 0.379 e. The van der Waals surface area contributed by atoms with Gasteiger partial charge >= 0.3 is 0 Å². The summed E-state index contributed by atoms with van der Waals surface area (Å²) in [4.78, 5) is 4.17. The van der Waals surface area contributed by atoms with Gasteiger partial charge in [0, 0.05) is 25.9 Å². The van der Waals surface area contributed by atoms with Gasteiger partial charge in [-0.3, -0.25) is 4.99 Å². The molecule has 0 bridgehead atoms. The molecule has 1 unspecified atom stereocenters. The van der Waals surface area contributed by atoms with Crippen LogP contribution in [0, 0.1) is 5.92 Å². The van der Waals surface area contributed by atoms with E-state index in [2.05, 4.69) is 36.4 Å². The summed E-state index contributed by atoms with van der Waals surface area (Å²) in [5.74, 6) is 1.56. The summed E-state index contributed by atoms with van der Waals surface area (Å²) in [5.41, 5.74) is 0. The highest BCUT2D eigenvalue weighted by Crippen LogP contribution is 2.07. The number of nitrogens with zero attached hydrogens (tertiary/aromatic N) is 1. The average molecular weight is 463 g/mol. The van der Waals surface area contributed by atoms with Crippen molar-refractivity contribution in [3.63, 3.8) is 0 Å². The van der Waals surface area contributed by atoms with E-state index < -0.39 is 9.84 Å². The molecule has 1 atom stereocenters. The predicted octanol–water partition coefficient (Wildman–Crippen LogP) is 2.05. The number of hydrogen-bond acceptors (Lipinski definition) is 4. The number of hydrogen-bond donors (Lipinski definition) is 2. The number of halogens is 1. The number of ether oxygens (including phenoxy) is 1. The molecule has 0 fully saturated rings. The number of sulfone groups is 1. The molecule has 0 rings (SSSR count). The zero-order valence-corrected chi connectivity index (χ0v) is 18.2. The van der Waals surface area contributed by atoms with E-state index in [9.17, 15) is 8.42 Å². The standard InChI is InChI=1S/C15H33N3O3S.HI/c1-13(2)7-6-8-14(3)18-15(16-4)17-9-10-21-11-12-22(5,19)20;/h13-14H,6-12H2,1-5H3,(H2,16,17,18);1H. The van der Waals surface area contributed by atoms with E-state index in [0.717, 1.165) is 18.3 Å². The molecule has 0 spiro atoms. The fourth-order valence-corrected chi connectivity index (χ4v) is 2.31. The first kappa shape index (κ1) is 25.2. The first-order chi connectivity index (χ1) is 10.2. The minimum atomic E-state index is -2.94. The van der Waals surface area contributed by atoms with Crippen molar-refractivity contribution < 1.29 is 13.2 Å². The van der Waals surface area contributed by atoms with Crippen LogP contribution < -0.4 is 10.6 Å². The maximum Gasteiger partial charge on any atom is 0.191 e. The van der Waals surface area contributed by atoms with Crippen LogP contribution in [0.5, 0.6) is 0 Å². The SMILES string of the molecule is CN=C(NCCOCCS(C)(=O)=O)NC(C)CCCC(C)C.I. The predicted molar refractivity (Wildman–Crippen MR) is 109 cm³/mol. The summed E-state index contributed by atoms with van der Waals surface area (Å²) in [7, 11) is -1.21. The molecule has 140 valence electrons. The van der Waals surface area contributed by atoms with Gasteiger partial charge in [0.1, 0.15) is 9.84 Å². The molecule has 8 heteroatoms. The molecule has 0 saturated carbocycles. The Morgan fingerprint density at radius 1 is 1.17 bits per heavy atom. The first-order valence-electron chi connectivity index (χ1n) is 7.97. The van der Waals surface area contributed by atoms with Gasteiger partial charge in [0.25, 0.3) is 0 Å². The van der Waals surface area contributed by atoms with E-state index in [1.807, 2.05) is 0 Å². The molecule has 2 N–H and O–H groups in total. The van der Waals surface area contributed by atoms with Gasteiger partial charge in [0.05, 0.1) is 19.0 Å². The van der Waals surface area contributed by atoms with Gasteiger partial charge < -0.3 is 15.4 Å². The maximum atomic E-state index is 10.9. The second-order valence-corrected chi connectivity index (χ2v) is 8.37. The minimum Gasteiger partial charge on any atom is -0.379 e. The third kappa shape index (κ3) is 18.1. The van der Waals surface area contributed by atoms with Crippen LogP contribution in [0.25, 0.3) is 0 Å². The molecule has 0 aromatic rings. The Morgan fingerprint density at radius 3 is 2.35 bits per heavy atom. The number of rotatable bonds is 11. The lowest BCUT2D eigenvalue weighted by Gasteiger charge is -2.18. The van der Waals surface area contributed by atoms with E-state index in [4.69, 9.17) is 4.74 Å². The molecule has 0 heterocycles. The molecule has 6 nitrogen and oxygen atoms in total. The van der Waals surface area contributed by atoms with Gasteiger partial charge in [0.15, 0.2) is 5.96 Å². The van der Waals surface area contributed by atoms with Gasteiger partial charge in [-0.2, -0.15) is 0 Å². The summed E-state index contributed by atoms with van der Waals surface area (Å²) in [6.45, 7) is 7.92. The molecular weight excluding hydrogens is 429 g/mol. The second kappa shape index (κ2) is 14.3. The third-order valence-electron chi connectivity index (χ3n) is 3.16. The van der Waals surface area contributed by atoms with Crippen molar-refractivity contribution in [1.82, 2.24) is 10.6 Å². The molecule has 0 aromatic heterocycles. The van der Waals surface area contributed by atoms with Crippen LogP contribution in [0.4, 0.5) is 0 Å². The van der Waals surface area contributed by atoms with Crippen molar-refractivity contribution in [3.05, 3.63) is 0 Å². The zero-order chi connectivity index (χ0) is 17.0. The van der Waals surface area contributed by atoms with Crippen LogP contribution in [0.1, 0.15) is 40.0 Å². The van der Waals surface area contributed by atoms with E-state index in [0.29, 0.717) is 19.2 Å². The van der Waals surface area contributed by atoms with E-state index in [1.165, 1.54) is 19.1 Å². The van der Waals surface area contributed by atoms with Gasteiger partial charge in [-0.15, -0.1) is 24.0 Å². The topological polar surface area (TPSA) is 79.8 Å². The summed E-state index contributed by atoms with van der Waals surface area (Å²) >= 11 is 0. The van der Waals surface area contributed by atoms with Crippen LogP contribution in [0.15, 0.2) is 4.99 Å². The quantitative estimate of drug-likeness (QED) is 0.212. The van der Waals surface area contributed by atoms with Crippen molar-refractivity contribution in [2.24, 2.45) is 10.9 Å². The average Bonchev–Trinajstić information content (AvgIpc) is 2.39. The van der Waals surface area contributed by atoms with E-state index in [1.54, 1.807) is 7.05 Å². The smallest absolute Gasteiger partial charge is 0.191 e. The Balaban J connectivity index is 0. The van der Waals surface area contributed by atoms with Gasteiger partial charge in [-0.05, 0) is 19.3 Å². The summed E-state index contributed by atoms with van der Waals surface area (Å²) in [6.07, 6.45) is 4.77. The van der Waals surface area contributed by atoms with Crippen molar-refractivity contribution in [1.29, 1.82) is 0 Å². The number of guanidine groups is 1. The molecule has 0 aliphatic heterocycles. The van der Waals surface area contributed by atoms with Gasteiger partial charge in [-0.1, -0.05) is 26.7 Å². The van der Waals surface area contributed by atoms with Gasteiger partial charge in [-0.25, -0.2) is 8.42 Å². The second-order valence-electron chi connectivity index (χ2n) is 6.11. The molecular formula is C15H34IN3O3S. The Bertz CT molecular complexity index is 414. The van der Waals surface area contributed by atoms with Crippen LogP contribution in [-0.4, -0.2) is 59.2 Å². The van der Waals surface area contributed by atoms with E-state index in [-0.39, 0.29) is 36.3 Å². The summed E-state index contributed by atoms with van der Waals surface area (Å²) in [6, 6.07) is 0.371. The third-order valence-corrected chi connectivity index (χ3v) is 4.07. The van der Waals surface area contributed by atoms with Crippen molar-refractivity contribution in [3.8, 4) is 0 Å². The molecule has 0 aromatic carbocycles. The van der Waals surface area contributed by atoms with Crippen LogP contribution in [0.2, 0.25) is 0 Å². The lowest BCUT2D eigenvalue weighted by Crippen LogP contribution is -2.43. The lowest BCUT2D eigenvalue weighted by molar-refractivity contribution is 0.154. The summed E-state index contributed by atoms with van der Waals surface area (Å²) in [5, 5.41) is 6.50. The maximum absolute atomic E-state index is 10.9. The molecule has 0 radical (unpaired) electrons. The molecule has 23 heavy (non-hydrogen) atoms. The molecule has 0 aliphatic carbocycles. The Labute approximate surface area is 159 Å². The number of aliphatic imine (C=N–C) groups is 1. The lowest BCUT2D eigenvalue weighted by atomic mass is 10.0. The number of nitrogens with one attached hydrogen (secondary N) is 2.